The van der Waals surface area contributed by atoms with Gasteiger partial charge in [0.15, 0.2) is 0 Å². The predicted molar refractivity (Wildman–Crippen MR) is 74.6 cm³/mol. The molecule has 0 aliphatic carbocycles. The first-order valence-electron chi connectivity index (χ1n) is 7.49. The van der Waals surface area contributed by atoms with Crippen molar-refractivity contribution >= 4 is 0 Å². The van der Waals surface area contributed by atoms with Gasteiger partial charge in [-0.15, -0.1) is 0 Å². The van der Waals surface area contributed by atoms with E-state index in [2.05, 4.69) is 15.5 Å². The fourth-order valence-electron chi connectivity index (χ4n) is 2.67. The van der Waals surface area contributed by atoms with E-state index in [1.54, 1.807) is 0 Å². The summed E-state index contributed by atoms with van der Waals surface area (Å²) in [5.74, 6) is -0.122. The van der Waals surface area contributed by atoms with Crippen molar-refractivity contribution in [3.05, 3.63) is 35.2 Å². The van der Waals surface area contributed by atoms with E-state index >= 15 is 0 Å². The van der Waals surface area contributed by atoms with E-state index in [0.29, 0.717) is 25.0 Å². The average molecular weight is 365 g/mol. The molecule has 1 aliphatic heterocycles. The molecule has 0 radical (unpaired) electrons. The van der Waals surface area contributed by atoms with Crippen LogP contribution < -0.4 is 5.32 Å². The van der Waals surface area contributed by atoms with Crippen LogP contribution in [0.2, 0.25) is 0 Å². The maximum atomic E-state index is 12.9. The molecule has 2 heterocycles. The van der Waals surface area contributed by atoms with Crippen LogP contribution in [-0.2, 0) is 12.4 Å². The summed E-state index contributed by atoms with van der Waals surface area (Å²) in [6.07, 6.45) is -8.43. The topological polar surface area (TPSA) is 51.0 Å². The number of nitrogens with zero attached hydrogens (tertiary/aromatic N) is 2. The van der Waals surface area contributed by atoms with E-state index in [1.165, 1.54) is 0 Å². The fourth-order valence-corrected chi connectivity index (χ4v) is 2.67. The first-order valence-corrected chi connectivity index (χ1v) is 7.49. The van der Waals surface area contributed by atoms with Gasteiger partial charge >= 0.3 is 12.4 Å². The van der Waals surface area contributed by atoms with Gasteiger partial charge in [-0.3, -0.25) is 0 Å². The highest BCUT2D eigenvalue weighted by atomic mass is 19.4. The number of piperidine rings is 1. The molecule has 1 aromatic heterocycles. The Morgan fingerprint density at radius 1 is 0.920 bits per heavy atom. The lowest BCUT2D eigenvalue weighted by molar-refractivity contribution is -0.143. The number of hydrogen-bond donors (Lipinski definition) is 1. The minimum Gasteiger partial charge on any atom is -0.339 e. The van der Waals surface area contributed by atoms with Crippen molar-refractivity contribution in [2.24, 2.45) is 0 Å². The Morgan fingerprint density at radius 2 is 1.48 bits per heavy atom. The van der Waals surface area contributed by atoms with Crippen molar-refractivity contribution < 1.29 is 30.9 Å². The normalized spacial score (nSPS) is 17.0. The second-order valence-corrected chi connectivity index (χ2v) is 5.78. The molecule has 0 saturated carbocycles. The molecule has 0 bridgehead atoms. The largest absolute Gasteiger partial charge is 0.416 e. The summed E-state index contributed by atoms with van der Waals surface area (Å²) >= 11 is 0. The quantitative estimate of drug-likeness (QED) is 0.809. The third-order valence-corrected chi connectivity index (χ3v) is 3.98. The predicted octanol–water partition coefficient (Wildman–Crippen LogP) is 4.24. The fraction of sp³-hybridized carbons (Fsp3) is 0.467. The first kappa shape index (κ1) is 17.7. The van der Waals surface area contributed by atoms with Crippen LogP contribution in [0.15, 0.2) is 22.7 Å². The summed E-state index contributed by atoms with van der Waals surface area (Å²) in [6.45, 7) is 1.45. The number of alkyl halides is 6. The molecule has 1 N–H and O–H groups in total. The summed E-state index contributed by atoms with van der Waals surface area (Å²) in [4.78, 5) is 4.01. The van der Waals surface area contributed by atoms with Crippen molar-refractivity contribution in [3.63, 3.8) is 0 Å². The highest BCUT2D eigenvalue weighted by Crippen LogP contribution is 2.38. The summed E-state index contributed by atoms with van der Waals surface area (Å²) in [7, 11) is 0. The molecule has 0 unspecified atom stereocenters. The molecule has 1 fully saturated rings. The van der Waals surface area contributed by atoms with Gasteiger partial charge in [0.25, 0.3) is 0 Å². The Morgan fingerprint density at radius 3 is 2.00 bits per heavy atom. The van der Waals surface area contributed by atoms with Crippen LogP contribution in [-0.4, -0.2) is 23.2 Å². The lowest BCUT2D eigenvalue weighted by Crippen LogP contribution is -2.26. The summed E-state index contributed by atoms with van der Waals surface area (Å²) < 4.78 is 82.5. The van der Waals surface area contributed by atoms with Gasteiger partial charge in [-0.25, -0.2) is 0 Å². The highest BCUT2D eigenvalue weighted by Gasteiger charge is 2.37. The molecule has 0 atom stereocenters. The molecule has 136 valence electrons. The molecule has 1 aromatic carbocycles. The maximum absolute atomic E-state index is 12.9. The third-order valence-electron chi connectivity index (χ3n) is 3.98. The van der Waals surface area contributed by atoms with Crippen LogP contribution in [0.5, 0.6) is 0 Å². The van der Waals surface area contributed by atoms with Gasteiger partial charge in [-0.05, 0) is 44.1 Å². The van der Waals surface area contributed by atoms with Crippen molar-refractivity contribution in [2.45, 2.75) is 31.1 Å². The monoisotopic (exact) mass is 365 g/mol. The van der Waals surface area contributed by atoms with Gasteiger partial charge in [0.1, 0.15) is 0 Å². The number of nitrogens with one attached hydrogen (secondary N) is 1. The van der Waals surface area contributed by atoms with Crippen LogP contribution in [0.3, 0.4) is 0 Å². The summed E-state index contributed by atoms with van der Waals surface area (Å²) in [5, 5.41) is 6.70. The van der Waals surface area contributed by atoms with E-state index in [4.69, 9.17) is 4.52 Å². The third kappa shape index (κ3) is 3.94. The van der Waals surface area contributed by atoms with E-state index < -0.39 is 23.5 Å². The summed E-state index contributed by atoms with van der Waals surface area (Å²) in [5.41, 5.74) is -3.21. The Hall–Kier alpha value is -2.10. The molecule has 0 amide bonds. The van der Waals surface area contributed by atoms with E-state index in [1.807, 2.05) is 0 Å². The maximum Gasteiger partial charge on any atom is 0.416 e. The molecule has 3 rings (SSSR count). The van der Waals surface area contributed by atoms with Crippen LogP contribution in [0.1, 0.15) is 35.8 Å². The van der Waals surface area contributed by atoms with Crippen molar-refractivity contribution in [3.8, 4) is 11.4 Å². The van der Waals surface area contributed by atoms with E-state index in [-0.39, 0.29) is 29.3 Å². The standard InChI is InChI=1S/C15H13F6N3O/c16-14(17,18)10-5-9(6-11(7-10)15(19,20)21)12-23-13(25-24-12)8-1-3-22-4-2-8/h5-8,22H,1-4H2. The highest BCUT2D eigenvalue weighted by molar-refractivity contribution is 5.58. The number of benzene rings is 1. The number of halogens is 6. The smallest absolute Gasteiger partial charge is 0.339 e. The lowest BCUT2D eigenvalue weighted by atomic mass is 9.98. The average Bonchev–Trinajstić information content (AvgIpc) is 3.04. The number of rotatable bonds is 2. The molecule has 1 aliphatic rings. The van der Waals surface area contributed by atoms with Crippen molar-refractivity contribution in [1.82, 2.24) is 15.5 Å². The Kier molecular flexibility index (Phi) is 4.48. The lowest BCUT2D eigenvalue weighted by Gasteiger charge is -2.18. The van der Waals surface area contributed by atoms with Gasteiger partial charge in [0.05, 0.1) is 11.1 Å². The molecule has 25 heavy (non-hydrogen) atoms. The van der Waals surface area contributed by atoms with Crippen LogP contribution >= 0.6 is 0 Å². The van der Waals surface area contributed by atoms with Crippen LogP contribution in [0, 0.1) is 0 Å². The summed E-state index contributed by atoms with van der Waals surface area (Å²) in [6, 6.07) is 1.25. The second kappa shape index (κ2) is 6.32. The number of aromatic nitrogens is 2. The molecule has 2 aromatic rings. The first-order chi connectivity index (χ1) is 11.6. The zero-order valence-electron chi connectivity index (χ0n) is 12.7. The van der Waals surface area contributed by atoms with Crippen LogP contribution in [0.25, 0.3) is 11.4 Å². The molecule has 10 heteroatoms. The SMILES string of the molecule is FC(F)(F)c1cc(-c2noc(C3CCNCC3)n2)cc(C(F)(F)F)c1. The van der Waals surface area contributed by atoms with Gasteiger partial charge in [-0.2, -0.15) is 31.3 Å². The molecule has 4 nitrogen and oxygen atoms in total. The van der Waals surface area contributed by atoms with Crippen LogP contribution in [0.4, 0.5) is 26.3 Å². The zero-order valence-corrected chi connectivity index (χ0v) is 12.7. The van der Waals surface area contributed by atoms with E-state index in [9.17, 15) is 26.3 Å². The molecule has 0 spiro atoms. The second-order valence-electron chi connectivity index (χ2n) is 5.78. The molecular formula is C15H13F6N3O. The van der Waals surface area contributed by atoms with Crippen molar-refractivity contribution in [1.29, 1.82) is 0 Å². The van der Waals surface area contributed by atoms with Gasteiger partial charge in [0.2, 0.25) is 11.7 Å². The Balaban J connectivity index is 2.00. The molecular weight excluding hydrogens is 352 g/mol. The minimum absolute atomic E-state index is 0.0598. The van der Waals surface area contributed by atoms with Gasteiger partial charge in [-0.1, -0.05) is 5.16 Å². The van der Waals surface area contributed by atoms with Gasteiger partial charge < -0.3 is 9.84 Å². The van der Waals surface area contributed by atoms with Crippen molar-refractivity contribution in [2.75, 3.05) is 13.1 Å². The molecule has 1 saturated heterocycles. The minimum atomic E-state index is -4.92. The zero-order chi connectivity index (χ0) is 18.2. The van der Waals surface area contributed by atoms with E-state index in [0.717, 1.165) is 13.1 Å². The number of hydrogen-bond acceptors (Lipinski definition) is 4. The Labute approximate surface area is 138 Å². The van der Waals surface area contributed by atoms with Gasteiger partial charge in [0, 0.05) is 11.5 Å². The Bertz CT molecular complexity index is 714.